The predicted molar refractivity (Wildman–Crippen MR) is 110 cm³/mol. The van der Waals surface area contributed by atoms with Crippen molar-refractivity contribution in [2.24, 2.45) is 27.8 Å². The maximum atomic E-state index is 6.06. The fourth-order valence-corrected chi connectivity index (χ4v) is 3.15. The van der Waals surface area contributed by atoms with Crippen LogP contribution in [0, 0.1) is 11.8 Å². The Morgan fingerprint density at radius 3 is 2.41 bits per heavy atom. The fourth-order valence-electron chi connectivity index (χ4n) is 3.15. The molecule has 0 spiro atoms. The zero-order chi connectivity index (χ0) is 19.9. The highest BCUT2D eigenvalue weighted by Gasteiger charge is 2.30. The van der Waals surface area contributed by atoms with Crippen LogP contribution in [0.4, 0.5) is 0 Å². The van der Waals surface area contributed by atoms with Crippen LogP contribution >= 0.6 is 0 Å². The topological polar surface area (TPSA) is 87.7 Å². The van der Waals surface area contributed by atoms with E-state index in [9.17, 15) is 0 Å². The first-order valence-electron chi connectivity index (χ1n) is 10.2. The van der Waals surface area contributed by atoms with E-state index in [0.717, 1.165) is 25.9 Å². The Labute approximate surface area is 164 Å². The summed E-state index contributed by atoms with van der Waals surface area (Å²) in [4.78, 5) is 4.43. The van der Waals surface area contributed by atoms with Crippen molar-refractivity contribution in [1.29, 1.82) is 0 Å². The molecule has 7 heteroatoms. The van der Waals surface area contributed by atoms with Crippen molar-refractivity contribution < 1.29 is 18.9 Å². The minimum atomic E-state index is 0.272. The van der Waals surface area contributed by atoms with Crippen LogP contribution in [0.15, 0.2) is 10.1 Å². The molecule has 1 rings (SSSR count). The Kier molecular flexibility index (Phi) is 13.3. The van der Waals surface area contributed by atoms with Gasteiger partial charge in [-0.15, -0.1) is 0 Å². The minimum absolute atomic E-state index is 0.272. The summed E-state index contributed by atoms with van der Waals surface area (Å²) in [5, 5.41) is 3.73. The van der Waals surface area contributed by atoms with Gasteiger partial charge in [0, 0.05) is 19.4 Å². The number of aliphatic imine (C=N–C) groups is 1. The van der Waals surface area contributed by atoms with E-state index in [0.29, 0.717) is 63.2 Å². The van der Waals surface area contributed by atoms with Gasteiger partial charge in [0.2, 0.25) is 0 Å². The van der Waals surface area contributed by atoms with E-state index in [2.05, 4.69) is 37.8 Å². The van der Waals surface area contributed by atoms with Gasteiger partial charge in [0.25, 0.3) is 0 Å². The third-order valence-corrected chi connectivity index (χ3v) is 4.89. The quantitative estimate of drug-likeness (QED) is 0.215. The molecule has 1 aliphatic heterocycles. The lowest BCUT2D eigenvalue weighted by molar-refractivity contribution is -0.0943. The second-order valence-electron chi connectivity index (χ2n) is 7.28. The number of hydrogen-bond acceptors (Lipinski definition) is 7. The highest BCUT2D eigenvalue weighted by Crippen LogP contribution is 2.31. The number of nitrogens with two attached hydrogens (primary N) is 1. The molecule has 1 saturated heterocycles. The van der Waals surface area contributed by atoms with Gasteiger partial charge in [-0.1, -0.05) is 20.8 Å². The SMILES string of the molecule is CCCOCCOCCOC/C(C=NCCC1OC(C)CC(C)C1C)=N/N. The van der Waals surface area contributed by atoms with Crippen molar-refractivity contribution in [2.45, 2.75) is 59.2 Å². The standard InChI is InChI=1S/C20H39N3O4/c1-5-8-24-9-10-25-11-12-26-15-19(23-21)14-22-7-6-20-18(4)16(2)13-17(3)27-20/h14,16-18,20H,5-13,15,21H2,1-4H3/b22-14?,23-19+. The smallest absolute Gasteiger partial charge is 0.103 e. The Bertz CT molecular complexity index is 431. The largest absolute Gasteiger partial charge is 0.379 e. The van der Waals surface area contributed by atoms with Crippen LogP contribution in [-0.2, 0) is 18.9 Å². The van der Waals surface area contributed by atoms with Crippen molar-refractivity contribution in [3.05, 3.63) is 0 Å². The maximum absolute atomic E-state index is 6.06. The summed E-state index contributed by atoms with van der Waals surface area (Å²) >= 11 is 0. The highest BCUT2D eigenvalue weighted by atomic mass is 16.5. The van der Waals surface area contributed by atoms with Crippen molar-refractivity contribution in [2.75, 3.05) is 46.2 Å². The molecule has 0 aromatic heterocycles. The molecule has 1 heterocycles. The van der Waals surface area contributed by atoms with Crippen LogP contribution in [0.5, 0.6) is 0 Å². The van der Waals surface area contributed by atoms with Gasteiger partial charge >= 0.3 is 0 Å². The summed E-state index contributed by atoms with van der Waals surface area (Å²) in [6.07, 6.45) is 5.38. The lowest BCUT2D eigenvalue weighted by atomic mass is 9.83. The van der Waals surface area contributed by atoms with Gasteiger partial charge in [0.15, 0.2) is 0 Å². The lowest BCUT2D eigenvalue weighted by Gasteiger charge is -2.37. The van der Waals surface area contributed by atoms with E-state index in [4.69, 9.17) is 24.8 Å². The molecule has 0 amide bonds. The van der Waals surface area contributed by atoms with Crippen molar-refractivity contribution in [3.8, 4) is 0 Å². The Morgan fingerprint density at radius 2 is 1.74 bits per heavy atom. The summed E-state index contributed by atoms with van der Waals surface area (Å²) in [5.41, 5.74) is 0.626. The van der Waals surface area contributed by atoms with E-state index < -0.39 is 0 Å². The normalized spacial score (nSPS) is 26.7. The number of ether oxygens (including phenoxy) is 4. The number of rotatable bonds is 14. The molecule has 1 aliphatic rings. The second-order valence-corrected chi connectivity index (χ2v) is 7.28. The Balaban J connectivity index is 2.11. The van der Waals surface area contributed by atoms with E-state index in [1.54, 1.807) is 6.21 Å². The van der Waals surface area contributed by atoms with Gasteiger partial charge < -0.3 is 24.8 Å². The molecule has 0 aromatic carbocycles. The van der Waals surface area contributed by atoms with Gasteiger partial charge in [0.05, 0.1) is 45.2 Å². The summed E-state index contributed by atoms with van der Waals surface area (Å²) < 4.78 is 22.3. The van der Waals surface area contributed by atoms with Crippen LogP contribution in [0.1, 0.15) is 47.0 Å². The monoisotopic (exact) mass is 385 g/mol. The third-order valence-electron chi connectivity index (χ3n) is 4.89. The average molecular weight is 386 g/mol. The summed E-state index contributed by atoms with van der Waals surface area (Å²) in [6.45, 7) is 12.8. The lowest BCUT2D eigenvalue weighted by Crippen LogP contribution is -2.38. The maximum Gasteiger partial charge on any atom is 0.103 e. The Morgan fingerprint density at radius 1 is 1.07 bits per heavy atom. The van der Waals surface area contributed by atoms with Crippen molar-refractivity contribution >= 4 is 11.9 Å². The molecule has 0 aliphatic carbocycles. The van der Waals surface area contributed by atoms with Gasteiger partial charge in [0.1, 0.15) is 5.71 Å². The first-order chi connectivity index (χ1) is 13.1. The molecule has 27 heavy (non-hydrogen) atoms. The van der Waals surface area contributed by atoms with Crippen molar-refractivity contribution in [1.82, 2.24) is 0 Å². The summed E-state index contributed by atoms with van der Waals surface area (Å²) in [6, 6.07) is 0. The molecular formula is C20H39N3O4. The third kappa shape index (κ3) is 10.8. The van der Waals surface area contributed by atoms with Gasteiger partial charge in [-0.3, -0.25) is 4.99 Å². The first-order valence-corrected chi connectivity index (χ1v) is 10.2. The first kappa shape index (κ1) is 24.0. The summed E-state index contributed by atoms with van der Waals surface area (Å²) in [5.74, 6) is 6.67. The van der Waals surface area contributed by atoms with E-state index in [1.165, 1.54) is 0 Å². The van der Waals surface area contributed by atoms with Crippen LogP contribution in [0.2, 0.25) is 0 Å². The van der Waals surface area contributed by atoms with E-state index in [-0.39, 0.29) is 6.10 Å². The van der Waals surface area contributed by atoms with Crippen LogP contribution in [0.25, 0.3) is 0 Å². The number of hydrazone groups is 1. The molecular weight excluding hydrogens is 346 g/mol. The molecule has 2 N–H and O–H groups in total. The molecule has 0 saturated carbocycles. The number of nitrogens with zero attached hydrogens (tertiary/aromatic N) is 2. The van der Waals surface area contributed by atoms with E-state index in [1.807, 2.05) is 0 Å². The van der Waals surface area contributed by atoms with E-state index >= 15 is 0 Å². The number of hydrogen-bond donors (Lipinski definition) is 1. The molecule has 0 radical (unpaired) electrons. The van der Waals surface area contributed by atoms with Crippen molar-refractivity contribution in [3.63, 3.8) is 0 Å². The zero-order valence-electron chi connectivity index (χ0n) is 17.6. The minimum Gasteiger partial charge on any atom is -0.379 e. The molecule has 0 bridgehead atoms. The average Bonchev–Trinajstić information content (AvgIpc) is 2.65. The molecule has 4 atom stereocenters. The summed E-state index contributed by atoms with van der Waals surface area (Å²) in [7, 11) is 0. The van der Waals surface area contributed by atoms with Gasteiger partial charge in [-0.05, 0) is 38.0 Å². The molecule has 0 aromatic rings. The molecule has 4 unspecified atom stereocenters. The predicted octanol–water partition coefficient (Wildman–Crippen LogP) is 2.67. The molecule has 1 fully saturated rings. The van der Waals surface area contributed by atoms with Gasteiger partial charge in [-0.2, -0.15) is 5.10 Å². The molecule has 7 nitrogen and oxygen atoms in total. The van der Waals surface area contributed by atoms with Crippen LogP contribution in [-0.4, -0.2) is 70.3 Å². The van der Waals surface area contributed by atoms with Gasteiger partial charge in [-0.25, -0.2) is 0 Å². The van der Waals surface area contributed by atoms with Crippen LogP contribution < -0.4 is 5.84 Å². The fraction of sp³-hybridized carbons (Fsp3) is 0.900. The van der Waals surface area contributed by atoms with Crippen LogP contribution in [0.3, 0.4) is 0 Å². The zero-order valence-corrected chi connectivity index (χ0v) is 17.6. The highest BCUT2D eigenvalue weighted by molar-refractivity contribution is 6.31. The molecule has 158 valence electrons. The second kappa shape index (κ2) is 15.0. The Hall–Kier alpha value is -1.02.